The fourth-order valence-corrected chi connectivity index (χ4v) is 3.96. The van der Waals surface area contributed by atoms with Crippen LogP contribution in [-0.2, 0) is 17.4 Å². The second-order valence-electron chi connectivity index (χ2n) is 7.10. The van der Waals surface area contributed by atoms with Gasteiger partial charge < -0.3 is 10.2 Å². The SMILES string of the molecule is CC1=C(C(=O)NCCc2ccccc2Cl)CC(C)N1c1ccccc1C(F)(F)F. The van der Waals surface area contributed by atoms with Crippen molar-refractivity contribution < 1.29 is 18.0 Å². The minimum atomic E-state index is -4.46. The first-order valence-electron chi connectivity index (χ1n) is 9.37. The lowest BCUT2D eigenvalue weighted by Crippen LogP contribution is -2.28. The Hall–Kier alpha value is -2.47. The Balaban J connectivity index is 1.76. The molecule has 1 aliphatic heterocycles. The second kappa shape index (κ2) is 8.49. The molecule has 0 fully saturated rings. The molecular weight excluding hydrogens is 401 g/mol. The number of allylic oxidation sites excluding steroid dienone is 1. The van der Waals surface area contributed by atoms with Gasteiger partial charge in [-0.2, -0.15) is 13.2 Å². The molecule has 2 aromatic carbocycles. The van der Waals surface area contributed by atoms with Crippen molar-refractivity contribution in [1.82, 2.24) is 5.32 Å². The Morgan fingerprint density at radius 3 is 2.52 bits per heavy atom. The van der Waals surface area contributed by atoms with Gasteiger partial charge in [0.2, 0.25) is 5.91 Å². The predicted molar refractivity (Wildman–Crippen MR) is 109 cm³/mol. The number of alkyl halides is 3. The molecule has 0 radical (unpaired) electrons. The van der Waals surface area contributed by atoms with Crippen LogP contribution in [0.2, 0.25) is 5.02 Å². The summed E-state index contributed by atoms with van der Waals surface area (Å²) in [6.45, 7) is 3.91. The molecule has 7 heteroatoms. The maximum Gasteiger partial charge on any atom is 0.418 e. The van der Waals surface area contributed by atoms with E-state index in [2.05, 4.69) is 5.32 Å². The number of hydrogen-bond donors (Lipinski definition) is 1. The van der Waals surface area contributed by atoms with Crippen LogP contribution in [0.1, 0.15) is 31.4 Å². The van der Waals surface area contributed by atoms with Gasteiger partial charge in [-0.1, -0.05) is 41.9 Å². The van der Waals surface area contributed by atoms with Gasteiger partial charge in [-0.3, -0.25) is 4.79 Å². The monoisotopic (exact) mass is 422 g/mol. The molecule has 0 saturated heterocycles. The Labute approximate surface area is 173 Å². The van der Waals surface area contributed by atoms with E-state index in [-0.39, 0.29) is 17.6 Å². The largest absolute Gasteiger partial charge is 0.418 e. The molecule has 1 unspecified atom stereocenters. The summed E-state index contributed by atoms with van der Waals surface area (Å²) in [6, 6.07) is 12.6. The van der Waals surface area contributed by atoms with Crippen LogP contribution in [0.4, 0.5) is 18.9 Å². The van der Waals surface area contributed by atoms with Gasteiger partial charge in [0, 0.05) is 35.3 Å². The van der Waals surface area contributed by atoms with Crippen LogP contribution >= 0.6 is 11.6 Å². The van der Waals surface area contributed by atoms with Crippen molar-refractivity contribution in [3.05, 3.63) is 76.0 Å². The first-order chi connectivity index (χ1) is 13.7. The van der Waals surface area contributed by atoms with Gasteiger partial charge in [0.15, 0.2) is 0 Å². The van der Waals surface area contributed by atoms with Crippen molar-refractivity contribution in [2.24, 2.45) is 0 Å². The van der Waals surface area contributed by atoms with E-state index in [0.717, 1.165) is 11.6 Å². The lowest BCUT2D eigenvalue weighted by molar-refractivity contribution is -0.137. The fourth-order valence-electron chi connectivity index (χ4n) is 3.73. The summed E-state index contributed by atoms with van der Waals surface area (Å²) in [5.74, 6) is -0.256. The Morgan fingerprint density at radius 2 is 1.83 bits per heavy atom. The highest BCUT2D eigenvalue weighted by atomic mass is 35.5. The number of amides is 1. The molecular formula is C22H22ClF3N2O. The Bertz CT molecular complexity index is 940. The zero-order valence-corrected chi connectivity index (χ0v) is 16.9. The van der Waals surface area contributed by atoms with E-state index in [4.69, 9.17) is 11.6 Å². The number of halogens is 4. The maximum absolute atomic E-state index is 13.4. The third kappa shape index (κ3) is 4.58. The third-order valence-corrected chi connectivity index (χ3v) is 5.49. The van der Waals surface area contributed by atoms with Crippen molar-refractivity contribution in [3.63, 3.8) is 0 Å². The molecule has 3 nitrogen and oxygen atoms in total. The number of carbonyl (C=O) groups is 1. The van der Waals surface area contributed by atoms with Crippen LogP contribution in [0.15, 0.2) is 59.8 Å². The molecule has 3 rings (SSSR count). The van der Waals surface area contributed by atoms with E-state index in [9.17, 15) is 18.0 Å². The molecule has 0 spiro atoms. The maximum atomic E-state index is 13.4. The quantitative estimate of drug-likeness (QED) is 0.681. The minimum absolute atomic E-state index is 0.0730. The topological polar surface area (TPSA) is 32.3 Å². The summed E-state index contributed by atoms with van der Waals surface area (Å²) in [5.41, 5.74) is 1.36. The smallest absolute Gasteiger partial charge is 0.352 e. The van der Waals surface area contributed by atoms with Crippen LogP contribution in [0.25, 0.3) is 0 Å². The fraction of sp³-hybridized carbons (Fsp3) is 0.318. The lowest BCUT2D eigenvalue weighted by Gasteiger charge is -2.28. The third-order valence-electron chi connectivity index (χ3n) is 5.12. The summed E-state index contributed by atoms with van der Waals surface area (Å²) in [4.78, 5) is 14.3. The summed E-state index contributed by atoms with van der Waals surface area (Å²) in [5, 5.41) is 3.50. The van der Waals surface area contributed by atoms with Gasteiger partial charge in [-0.05, 0) is 44.0 Å². The van der Waals surface area contributed by atoms with E-state index < -0.39 is 11.7 Å². The van der Waals surface area contributed by atoms with Crippen LogP contribution in [0, 0.1) is 0 Å². The zero-order valence-electron chi connectivity index (χ0n) is 16.2. The van der Waals surface area contributed by atoms with E-state index in [1.165, 1.54) is 12.1 Å². The summed E-state index contributed by atoms with van der Waals surface area (Å²) in [6.07, 6.45) is -3.50. The number of carbonyl (C=O) groups excluding carboxylic acids is 1. The van der Waals surface area contributed by atoms with Crippen LogP contribution in [-0.4, -0.2) is 18.5 Å². The van der Waals surface area contributed by atoms with Crippen molar-refractivity contribution in [1.29, 1.82) is 0 Å². The molecule has 0 saturated carbocycles. The summed E-state index contributed by atoms with van der Waals surface area (Å²) in [7, 11) is 0. The van der Waals surface area contributed by atoms with Gasteiger partial charge in [0.25, 0.3) is 0 Å². The van der Waals surface area contributed by atoms with Crippen LogP contribution in [0.5, 0.6) is 0 Å². The van der Waals surface area contributed by atoms with Crippen LogP contribution in [0.3, 0.4) is 0 Å². The molecule has 29 heavy (non-hydrogen) atoms. The Morgan fingerprint density at radius 1 is 1.17 bits per heavy atom. The van der Waals surface area contributed by atoms with Crippen molar-refractivity contribution in [2.75, 3.05) is 11.4 Å². The van der Waals surface area contributed by atoms with Crippen molar-refractivity contribution >= 4 is 23.2 Å². The van der Waals surface area contributed by atoms with Gasteiger partial charge in [-0.15, -0.1) is 0 Å². The van der Waals surface area contributed by atoms with Crippen LogP contribution < -0.4 is 10.2 Å². The van der Waals surface area contributed by atoms with E-state index in [1.807, 2.05) is 25.1 Å². The van der Waals surface area contributed by atoms with E-state index >= 15 is 0 Å². The first-order valence-corrected chi connectivity index (χ1v) is 9.74. The molecule has 0 bridgehead atoms. The molecule has 1 aliphatic rings. The zero-order chi connectivity index (χ0) is 21.2. The molecule has 2 aromatic rings. The summed E-state index contributed by atoms with van der Waals surface area (Å²) < 4.78 is 40.3. The predicted octanol–water partition coefficient (Wildman–Crippen LogP) is 5.59. The Kier molecular flexibility index (Phi) is 6.22. The normalized spacial score (nSPS) is 17.0. The number of para-hydroxylation sites is 1. The first kappa shape index (κ1) is 21.2. The number of rotatable bonds is 5. The van der Waals surface area contributed by atoms with Gasteiger partial charge in [0.05, 0.1) is 11.3 Å². The molecule has 1 N–H and O–H groups in total. The summed E-state index contributed by atoms with van der Waals surface area (Å²) >= 11 is 6.13. The average molecular weight is 423 g/mol. The van der Waals surface area contributed by atoms with Crippen molar-refractivity contribution in [3.8, 4) is 0 Å². The molecule has 0 aliphatic carbocycles. The number of nitrogens with zero attached hydrogens (tertiary/aromatic N) is 1. The molecule has 154 valence electrons. The second-order valence-corrected chi connectivity index (χ2v) is 7.51. The molecule has 1 heterocycles. The highest BCUT2D eigenvalue weighted by Gasteiger charge is 2.38. The number of nitrogens with one attached hydrogen (secondary N) is 1. The highest BCUT2D eigenvalue weighted by molar-refractivity contribution is 6.31. The molecule has 1 atom stereocenters. The number of hydrogen-bond acceptors (Lipinski definition) is 2. The van der Waals surface area contributed by atoms with Gasteiger partial charge in [-0.25, -0.2) is 0 Å². The minimum Gasteiger partial charge on any atom is -0.352 e. The van der Waals surface area contributed by atoms with Gasteiger partial charge in [0.1, 0.15) is 0 Å². The van der Waals surface area contributed by atoms with Gasteiger partial charge >= 0.3 is 6.18 Å². The average Bonchev–Trinajstić information content (AvgIpc) is 2.97. The number of benzene rings is 2. The lowest BCUT2D eigenvalue weighted by atomic mass is 10.1. The van der Waals surface area contributed by atoms with Crippen molar-refractivity contribution in [2.45, 2.75) is 38.9 Å². The highest BCUT2D eigenvalue weighted by Crippen LogP contribution is 2.41. The van der Waals surface area contributed by atoms with E-state index in [0.29, 0.717) is 35.7 Å². The molecule has 1 amide bonds. The standard InChI is InChI=1S/C22H22ClF3N2O/c1-14-13-17(21(29)27-12-11-16-7-3-5-9-19(16)23)15(2)28(14)20-10-6-4-8-18(20)22(24,25)26/h3-10,14H,11-13H2,1-2H3,(H,27,29). The molecule has 0 aromatic heterocycles. The van der Waals surface area contributed by atoms with E-state index in [1.54, 1.807) is 24.0 Å². The number of anilines is 1.